The Morgan fingerprint density at radius 1 is 1.24 bits per heavy atom. The number of anilines is 1. The summed E-state index contributed by atoms with van der Waals surface area (Å²) >= 11 is 4.51. The minimum absolute atomic E-state index is 0.305. The van der Waals surface area contributed by atoms with Crippen LogP contribution in [0.15, 0.2) is 47.1 Å². The summed E-state index contributed by atoms with van der Waals surface area (Å²) in [5.74, 6) is -1.84. The second-order valence-electron chi connectivity index (χ2n) is 4.93. The van der Waals surface area contributed by atoms with Gasteiger partial charge in [-0.05, 0) is 46.3 Å². The van der Waals surface area contributed by atoms with E-state index in [1.54, 1.807) is 18.3 Å². The molecular formula is C17H11BrF2N2O2S. The molecule has 0 unspecified atom stereocenters. The van der Waals surface area contributed by atoms with Gasteiger partial charge in [0, 0.05) is 15.5 Å². The number of aromatic nitrogens is 1. The number of hydrogen-bond acceptors (Lipinski definition) is 4. The normalized spacial score (nSPS) is 10.6. The highest BCUT2D eigenvalue weighted by atomic mass is 79.9. The molecule has 0 bridgehead atoms. The zero-order valence-corrected chi connectivity index (χ0v) is 15.2. The average molecular weight is 425 g/mol. The number of pyridine rings is 1. The first-order valence-electron chi connectivity index (χ1n) is 7.04. The Labute approximate surface area is 154 Å². The van der Waals surface area contributed by atoms with Crippen LogP contribution in [0.5, 0.6) is 5.88 Å². The van der Waals surface area contributed by atoms with Gasteiger partial charge in [0.15, 0.2) is 0 Å². The Morgan fingerprint density at radius 3 is 2.64 bits per heavy atom. The minimum Gasteiger partial charge on any atom is -0.481 e. The Hall–Kier alpha value is -2.32. The van der Waals surface area contributed by atoms with Crippen molar-refractivity contribution in [1.29, 1.82) is 0 Å². The predicted octanol–water partition coefficient (Wildman–Crippen LogP) is 5.11. The van der Waals surface area contributed by atoms with E-state index in [1.165, 1.54) is 24.5 Å². The van der Waals surface area contributed by atoms with E-state index in [1.807, 2.05) is 6.07 Å². The molecule has 0 spiro atoms. The molecule has 25 heavy (non-hydrogen) atoms. The zero-order chi connectivity index (χ0) is 18.0. The molecule has 0 radical (unpaired) electrons. The number of ether oxygens (including phenoxy) is 1. The lowest BCUT2D eigenvalue weighted by molar-refractivity contribution is 0.102. The molecule has 0 fully saturated rings. The summed E-state index contributed by atoms with van der Waals surface area (Å²) in [4.78, 5) is 17.5. The third-order valence-corrected chi connectivity index (χ3v) is 4.86. The van der Waals surface area contributed by atoms with E-state index in [-0.39, 0.29) is 0 Å². The van der Waals surface area contributed by atoms with Crippen molar-refractivity contribution in [3.8, 4) is 16.3 Å². The van der Waals surface area contributed by atoms with Gasteiger partial charge in [0.2, 0.25) is 5.88 Å². The highest BCUT2D eigenvalue weighted by Gasteiger charge is 2.17. The number of carbonyl (C=O) groups excluding carboxylic acids is 1. The Kier molecular flexibility index (Phi) is 5.10. The van der Waals surface area contributed by atoms with Gasteiger partial charge in [-0.15, -0.1) is 11.3 Å². The van der Waals surface area contributed by atoms with Crippen molar-refractivity contribution < 1.29 is 18.3 Å². The largest absolute Gasteiger partial charge is 0.481 e. The molecule has 4 nitrogen and oxygen atoms in total. The van der Waals surface area contributed by atoms with Crippen LogP contribution in [-0.2, 0) is 0 Å². The number of nitrogens with one attached hydrogen (secondary N) is 1. The van der Waals surface area contributed by atoms with Gasteiger partial charge in [0.1, 0.15) is 17.3 Å². The van der Waals surface area contributed by atoms with Crippen LogP contribution in [0.2, 0.25) is 0 Å². The molecule has 1 amide bonds. The van der Waals surface area contributed by atoms with Crippen molar-refractivity contribution in [3.05, 3.63) is 63.6 Å². The summed E-state index contributed by atoms with van der Waals surface area (Å²) in [6.07, 6.45) is 1.60. The average Bonchev–Trinajstić information content (AvgIpc) is 3.08. The van der Waals surface area contributed by atoms with Crippen LogP contribution in [0.4, 0.5) is 14.5 Å². The number of carbonyl (C=O) groups is 1. The monoisotopic (exact) mass is 424 g/mol. The van der Waals surface area contributed by atoms with E-state index in [2.05, 4.69) is 26.2 Å². The second kappa shape index (κ2) is 7.28. The molecular weight excluding hydrogens is 414 g/mol. The first-order chi connectivity index (χ1) is 12.0. The van der Waals surface area contributed by atoms with E-state index in [9.17, 15) is 13.6 Å². The topological polar surface area (TPSA) is 51.2 Å². The second-order valence-corrected chi connectivity index (χ2v) is 6.92. The standard InChI is InChI=1S/C17H11BrF2N2O2S/c1-24-17-10(7-9(18)8-21-17)13-5-6-14(25-13)16(23)22-15-11(19)3-2-4-12(15)20/h2-8H,1H3,(H,22,23). The van der Waals surface area contributed by atoms with Crippen LogP contribution in [0, 0.1) is 11.6 Å². The number of benzene rings is 1. The maximum absolute atomic E-state index is 13.7. The lowest BCUT2D eigenvalue weighted by Gasteiger charge is -2.06. The molecule has 0 saturated carbocycles. The van der Waals surface area contributed by atoms with Crippen LogP contribution in [-0.4, -0.2) is 18.0 Å². The van der Waals surface area contributed by atoms with Gasteiger partial charge >= 0.3 is 0 Å². The summed E-state index contributed by atoms with van der Waals surface area (Å²) < 4.78 is 33.3. The van der Waals surface area contributed by atoms with Crippen molar-refractivity contribution in [1.82, 2.24) is 4.98 Å². The smallest absolute Gasteiger partial charge is 0.265 e. The number of thiophene rings is 1. The Balaban J connectivity index is 1.89. The molecule has 2 heterocycles. The lowest BCUT2D eigenvalue weighted by atomic mass is 10.2. The van der Waals surface area contributed by atoms with Crippen LogP contribution in [0.3, 0.4) is 0 Å². The molecule has 0 aliphatic carbocycles. The third kappa shape index (κ3) is 3.69. The van der Waals surface area contributed by atoms with Crippen molar-refractivity contribution in [2.75, 3.05) is 12.4 Å². The summed E-state index contributed by atoms with van der Waals surface area (Å²) in [6, 6.07) is 8.51. The highest BCUT2D eigenvalue weighted by Crippen LogP contribution is 2.35. The van der Waals surface area contributed by atoms with E-state index in [0.717, 1.165) is 21.5 Å². The fourth-order valence-electron chi connectivity index (χ4n) is 2.16. The minimum atomic E-state index is -0.831. The molecule has 1 N–H and O–H groups in total. The number of rotatable bonds is 4. The Morgan fingerprint density at radius 2 is 1.96 bits per heavy atom. The molecule has 8 heteroatoms. The van der Waals surface area contributed by atoms with Gasteiger partial charge in [0.25, 0.3) is 5.91 Å². The number of halogens is 3. The van der Waals surface area contributed by atoms with E-state index in [0.29, 0.717) is 16.3 Å². The zero-order valence-electron chi connectivity index (χ0n) is 12.8. The fraction of sp³-hybridized carbons (Fsp3) is 0.0588. The van der Waals surface area contributed by atoms with Crippen molar-refractivity contribution >= 4 is 38.9 Å². The maximum atomic E-state index is 13.7. The van der Waals surface area contributed by atoms with Crippen LogP contribution in [0.25, 0.3) is 10.4 Å². The fourth-order valence-corrected chi connectivity index (χ4v) is 3.40. The van der Waals surface area contributed by atoms with Crippen molar-refractivity contribution in [2.45, 2.75) is 0 Å². The molecule has 2 aromatic heterocycles. The van der Waals surface area contributed by atoms with Crippen molar-refractivity contribution in [2.24, 2.45) is 0 Å². The first-order valence-corrected chi connectivity index (χ1v) is 8.65. The molecule has 128 valence electrons. The van der Waals surface area contributed by atoms with E-state index < -0.39 is 23.2 Å². The van der Waals surface area contributed by atoms with E-state index >= 15 is 0 Å². The molecule has 3 aromatic rings. The maximum Gasteiger partial charge on any atom is 0.265 e. The molecule has 0 aliphatic heterocycles. The molecule has 3 rings (SSSR count). The van der Waals surface area contributed by atoms with E-state index in [4.69, 9.17) is 4.74 Å². The third-order valence-electron chi connectivity index (χ3n) is 3.31. The van der Waals surface area contributed by atoms with Gasteiger partial charge in [0.05, 0.1) is 17.6 Å². The predicted molar refractivity (Wildman–Crippen MR) is 96.1 cm³/mol. The summed E-state index contributed by atoms with van der Waals surface area (Å²) in [5, 5.41) is 2.26. The summed E-state index contributed by atoms with van der Waals surface area (Å²) in [6.45, 7) is 0. The lowest BCUT2D eigenvalue weighted by Crippen LogP contribution is -2.12. The van der Waals surface area contributed by atoms with Gasteiger partial charge in [-0.3, -0.25) is 4.79 Å². The van der Waals surface area contributed by atoms with Crippen LogP contribution < -0.4 is 10.1 Å². The molecule has 0 saturated heterocycles. The van der Waals surface area contributed by atoms with Gasteiger partial charge in [-0.1, -0.05) is 6.07 Å². The highest BCUT2D eigenvalue weighted by molar-refractivity contribution is 9.10. The molecule has 0 aliphatic rings. The van der Waals surface area contributed by atoms with Crippen LogP contribution in [0.1, 0.15) is 9.67 Å². The number of nitrogens with zero attached hydrogens (tertiary/aromatic N) is 1. The number of para-hydroxylation sites is 1. The summed E-state index contributed by atoms with van der Waals surface area (Å²) in [5.41, 5.74) is 0.238. The summed E-state index contributed by atoms with van der Waals surface area (Å²) in [7, 11) is 1.50. The van der Waals surface area contributed by atoms with Gasteiger partial charge in [-0.25, -0.2) is 13.8 Å². The van der Waals surface area contributed by atoms with Gasteiger partial charge in [-0.2, -0.15) is 0 Å². The van der Waals surface area contributed by atoms with Crippen molar-refractivity contribution in [3.63, 3.8) is 0 Å². The number of methoxy groups -OCH3 is 1. The number of hydrogen-bond donors (Lipinski definition) is 1. The van der Waals surface area contributed by atoms with Gasteiger partial charge < -0.3 is 10.1 Å². The van der Waals surface area contributed by atoms with Crippen LogP contribution >= 0.6 is 27.3 Å². The quantitative estimate of drug-likeness (QED) is 0.632. The SMILES string of the molecule is COc1ncc(Br)cc1-c1ccc(C(=O)Nc2c(F)cccc2F)s1. The Bertz CT molecular complexity index is 926. The first kappa shape index (κ1) is 17.5. The molecule has 1 aromatic carbocycles. The molecule has 0 atom stereocenters. The number of amides is 1.